The van der Waals surface area contributed by atoms with E-state index in [4.69, 9.17) is 34.8 Å². The highest BCUT2D eigenvalue weighted by Gasteiger charge is 2.20. The number of benzene rings is 3. The molecule has 0 aliphatic rings. The van der Waals surface area contributed by atoms with Crippen molar-refractivity contribution in [3.8, 4) is 17.1 Å². The highest BCUT2D eigenvalue weighted by atomic mass is 35.5. The molecule has 150 valence electrons. The fraction of sp³-hybridized carbons (Fsp3) is 0.0455. The Morgan fingerprint density at radius 2 is 1.63 bits per heavy atom. The predicted molar refractivity (Wildman–Crippen MR) is 121 cm³/mol. The third kappa shape index (κ3) is 4.19. The van der Waals surface area contributed by atoms with Crippen LogP contribution in [0, 0.1) is 6.92 Å². The Morgan fingerprint density at radius 3 is 2.37 bits per heavy atom. The molecule has 0 saturated heterocycles. The Labute approximate surface area is 188 Å². The van der Waals surface area contributed by atoms with E-state index in [1.165, 1.54) is 0 Å². The van der Waals surface area contributed by atoms with Gasteiger partial charge >= 0.3 is 0 Å². The minimum absolute atomic E-state index is 0.00401. The van der Waals surface area contributed by atoms with E-state index in [1.54, 1.807) is 47.1 Å². The van der Waals surface area contributed by atoms with Gasteiger partial charge < -0.3 is 5.32 Å². The first-order valence-electron chi connectivity index (χ1n) is 8.98. The van der Waals surface area contributed by atoms with Crippen molar-refractivity contribution < 1.29 is 4.79 Å². The first-order chi connectivity index (χ1) is 14.4. The second-order valence-electron chi connectivity index (χ2n) is 6.53. The van der Waals surface area contributed by atoms with Gasteiger partial charge in [-0.2, -0.15) is 0 Å². The molecule has 1 heterocycles. The molecular formula is C22H15Cl3N4O. The summed E-state index contributed by atoms with van der Waals surface area (Å²) < 4.78 is 1.60. The molecule has 0 unspecified atom stereocenters. The van der Waals surface area contributed by atoms with Gasteiger partial charge in [0, 0.05) is 26.3 Å². The summed E-state index contributed by atoms with van der Waals surface area (Å²) in [6.45, 7) is 1.88. The monoisotopic (exact) mass is 456 g/mol. The zero-order valence-electron chi connectivity index (χ0n) is 15.7. The molecule has 4 aromatic rings. The zero-order chi connectivity index (χ0) is 21.3. The number of anilines is 1. The van der Waals surface area contributed by atoms with Crippen LogP contribution in [0.15, 0.2) is 66.7 Å². The van der Waals surface area contributed by atoms with Crippen LogP contribution < -0.4 is 5.32 Å². The van der Waals surface area contributed by atoms with Crippen LogP contribution in [0.1, 0.15) is 16.2 Å². The third-order valence-corrected chi connectivity index (χ3v) is 5.32. The van der Waals surface area contributed by atoms with E-state index in [0.717, 1.165) is 11.1 Å². The Kier molecular flexibility index (Phi) is 5.77. The number of rotatable bonds is 4. The SMILES string of the molecule is Cc1c(Cl)cccc1-n1nc(C(=O)Nc2cccc(Cl)c2)nc1-c1cccc(Cl)c1. The fourth-order valence-electron chi connectivity index (χ4n) is 2.97. The molecule has 0 spiro atoms. The van der Waals surface area contributed by atoms with Crippen molar-refractivity contribution >= 4 is 46.4 Å². The number of aromatic nitrogens is 3. The van der Waals surface area contributed by atoms with Crippen molar-refractivity contribution in [2.45, 2.75) is 6.92 Å². The number of hydrogen-bond acceptors (Lipinski definition) is 3. The van der Waals surface area contributed by atoms with Crippen molar-refractivity contribution in [1.29, 1.82) is 0 Å². The summed E-state index contributed by atoms with van der Waals surface area (Å²) >= 11 is 18.5. The number of nitrogens with zero attached hydrogens (tertiary/aromatic N) is 3. The van der Waals surface area contributed by atoms with Crippen LogP contribution in [-0.2, 0) is 0 Å². The van der Waals surface area contributed by atoms with E-state index in [0.29, 0.717) is 32.3 Å². The largest absolute Gasteiger partial charge is 0.319 e. The van der Waals surface area contributed by atoms with Crippen molar-refractivity contribution in [3.63, 3.8) is 0 Å². The molecule has 3 aromatic carbocycles. The van der Waals surface area contributed by atoms with Crippen LogP contribution >= 0.6 is 34.8 Å². The van der Waals surface area contributed by atoms with Crippen molar-refractivity contribution in [3.05, 3.63) is 93.2 Å². The number of halogens is 3. The fourth-order valence-corrected chi connectivity index (χ4v) is 3.52. The summed E-state index contributed by atoms with van der Waals surface area (Å²) in [5, 5.41) is 8.88. The lowest BCUT2D eigenvalue weighted by atomic mass is 10.1. The van der Waals surface area contributed by atoms with Crippen molar-refractivity contribution in [2.24, 2.45) is 0 Å². The Hall–Kier alpha value is -2.86. The highest BCUT2D eigenvalue weighted by Crippen LogP contribution is 2.28. The molecule has 1 N–H and O–H groups in total. The van der Waals surface area contributed by atoms with Gasteiger partial charge in [0.25, 0.3) is 5.91 Å². The van der Waals surface area contributed by atoms with Gasteiger partial charge in [-0.15, -0.1) is 5.10 Å². The van der Waals surface area contributed by atoms with Gasteiger partial charge in [0.1, 0.15) is 0 Å². The summed E-state index contributed by atoms with van der Waals surface area (Å²) in [5.41, 5.74) is 2.80. The molecule has 5 nitrogen and oxygen atoms in total. The number of amides is 1. The molecule has 0 radical (unpaired) electrons. The molecule has 0 saturated carbocycles. The minimum atomic E-state index is -0.459. The summed E-state index contributed by atoms with van der Waals surface area (Å²) in [4.78, 5) is 17.3. The molecule has 8 heteroatoms. The average Bonchev–Trinajstić information content (AvgIpc) is 3.15. The minimum Gasteiger partial charge on any atom is -0.319 e. The van der Waals surface area contributed by atoms with Crippen molar-refractivity contribution in [1.82, 2.24) is 14.8 Å². The Balaban J connectivity index is 1.81. The van der Waals surface area contributed by atoms with Gasteiger partial charge in [0.2, 0.25) is 5.82 Å². The summed E-state index contributed by atoms with van der Waals surface area (Å²) in [6, 6.07) is 19.5. The molecule has 0 atom stereocenters. The van der Waals surface area contributed by atoms with E-state index in [2.05, 4.69) is 15.4 Å². The van der Waals surface area contributed by atoms with Crippen LogP contribution in [-0.4, -0.2) is 20.7 Å². The van der Waals surface area contributed by atoms with Gasteiger partial charge in [0.15, 0.2) is 5.82 Å². The molecular weight excluding hydrogens is 443 g/mol. The normalized spacial score (nSPS) is 10.8. The third-order valence-electron chi connectivity index (χ3n) is 4.44. The first-order valence-corrected chi connectivity index (χ1v) is 10.1. The molecule has 0 fully saturated rings. The maximum atomic E-state index is 12.8. The maximum Gasteiger partial charge on any atom is 0.295 e. The van der Waals surface area contributed by atoms with E-state index in [-0.39, 0.29) is 5.82 Å². The smallest absolute Gasteiger partial charge is 0.295 e. The summed E-state index contributed by atoms with van der Waals surface area (Å²) in [6.07, 6.45) is 0. The quantitative estimate of drug-likeness (QED) is 0.383. The predicted octanol–water partition coefficient (Wildman–Crippen LogP) is 6.46. The van der Waals surface area contributed by atoms with Gasteiger partial charge in [0.05, 0.1) is 5.69 Å². The van der Waals surface area contributed by atoms with Gasteiger partial charge in [-0.1, -0.05) is 59.1 Å². The van der Waals surface area contributed by atoms with Gasteiger partial charge in [-0.05, 0) is 55.0 Å². The van der Waals surface area contributed by atoms with Crippen LogP contribution in [0.3, 0.4) is 0 Å². The average molecular weight is 458 g/mol. The molecule has 0 aliphatic heterocycles. The van der Waals surface area contributed by atoms with Crippen molar-refractivity contribution in [2.75, 3.05) is 5.32 Å². The van der Waals surface area contributed by atoms with E-state index in [9.17, 15) is 4.79 Å². The zero-order valence-corrected chi connectivity index (χ0v) is 18.0. The molecule has 30 heavy (non-hydrogen) atoms. The topological polar surface area (TPSA) is 59.8 Å². The number of carbonyl (C=O) groups excluding carboxylic acids is 1. The lowest BCUT2D eigenvalue weighted by molar-refractivity contribution is 0.101. The Morgan fingerprint density at radius 1 is 0.933 bits per heavy atom. The molecule has 0 bridgehead atoms. The number of nitrogens with one attached hydrogen (secondary N) is 1. The van der Waals surface area contributed by atoms with Crippen LogP contribution in [0.2, 0.25) is 15.1 Å². The van der Waals surface area contributed by atoms with E-state index >= 15 is 0 Å². The lowest BCUT2D eigenvalue weighted by Crippen LogP contribution is -2.14. The molecule has 4 rings (SSSR count). The highest BCUT2D eigenvalue weighted by molar-refractivity contribution is 6.31. The Bertz CT molecular complexity index is 1250. The maximum absolute atomic E-state index is 12.8. The molecule has 1 aromatic heterocycles. The summed E-state index contributed by atoms with van der Waals surface area (Å²) in [7, 11) is 0. The second kappa shape index (κ2) is 8.48. The van der Waals surface area contributed by atoms with E-state index < -0.39 is 5.91 Å². The standard InChI is InChI=1S/C22H15Cl3N4O/c1-13-18(25)9-4-10-19(13)29-21(14-5-2-6-15(23)11-14)27-20(28-29)22(30)26-17-8-3-7-16(24)12-17/h2-12H,1H3,(H,26,30). The number of carbonyl (C=O) groups is 1. The van der Waals surface area contributed by atoms with Crippen LogP contribution in [0.4, 0.5) is 5.69 Å². The molecule has 1 amide bonds. The second-order valence-corrected chi connectivity index (χ2v) is 7.81. The van der Waals surface area contributed by atoms with Crippen LogP contribution in [0.5, 0.6) is 0 Å². The summed E-state index contributed by atoms with van der Waals surface area (Å²) in [5.74, 6) is 0.0161. The van der Waals surface area contributed by atoms with Crippen LogP contribution in [0.25, 0.3) is 17.1 Å². The van der Waals surface area contributed by atoms with Gasteiger partial charge in [-0.25, -0.2) is 9.67 Å². The molecule has 0 aliphatic carbocycles. The van der Waals surface area contributed by atoms with E-state index in [1.807, 2.05) is 31.2 Å². The lowest BCUT2D eigenvalue weighted by Gasteiger charge is -2.10. The van der Waals surface area contributed by atoms with Gasteiger partial charge in [-0.3, -0.25) is 4.79 Å². The first kappa shape index (κ1) is 20.4. The number of hydrogen-bond donors (Lipinski definition) is 1.